The molecule has 1 heterocycles. The molecule has 0 saturated heterocycles. The number of benzene rings is 1. The average molecular weight is 275 g/mol. The van der Waals surface area contributed by atoms with Crippen LogP contribution in [0, 0.1) is 17.0 Å². The number of rotatable bonds is 4. The average Bonchev–Trinajstić information content (AvgIpc) is 2.80. The zero-order chi connectivity index (χ0) is 14.9. The van der Waals surface area contributed by atoms with E-state index in [4.69, 9.17) is 5.11 Å². The van der Waals surface area contributed by atoms with Crippen molar-refractivity contribution >= 4 is 11.7 Å². The van der Waals surface area contributed by atoms with E-state index >= 15 is 0 Å². The first-order valence-corrected chi connectivity index (χ1v) is 6.01. The highest BCUT2D eigenvalue weighted by Crippen LogP contribution is 2.31. The van der Waals surface area contributed by atoms with E-state index in [-0.39, 0.29) is 11.4 Å². The predicted molar refractivity (Wildman–Crippen MR) is 71.8 cm³/mol. The van der Waals surface area contributed by atoms with E-state index in [0.29, 0.717) is 28.8 Å². The first-order valence-electron chi connectivity index (χ1n) is 6.01. The Morgan fingerprint density at radius 2 is 2.20 bits per heavy atom. The van der Waals surface area contributed by atoms with Crippen molar-refractivity contribution in [1.82, 2.24) is 10.2 Å². The van der Waals surface area contributed by atoms with Crippen LogP contribution in [0.3, 0.4) is 0 Å². The summed E-state index contributed by atoms with van der Waals surface area (Å²) in [6, 6.07) is 4.71. The minimum atomic E-state index is -1.17. The first-order chi connectivity index (χ1) is 9.45. The van der Waals surface area contributed by atoms with Crippen LogP contribution >= 0.6 is 0 Å². The van der Waals surface area contributed by atoms with Crippen molar-refractivity contribution in [3.8, 4) is 11.1 Å². The Kier molecular flexibility index (Phi) is 3.51. The summed E-state index contributed by atoms with van der Waals surface area (Å²) in [6.45, 7) is 3.50. The third kappa shape index (κ3) is 2.25. The van der Waals surface area contributed by atoms with Gasteiger partial charge in [0.05, 0.1) is 4.92 Å². The summed E-state index contributed by atoms with van der Waals surface area (Å²) in [4.78, 5) is 21.7. The van der Waals surface area contributed by atoms with Gasteiger partial charge in [-0.25, -0.2) is 4.79 Å². The number of hydrogen-bond donors (Lipinski definition) is 2. The van der Waals surface area contributed by atoms with Crippen LogP contribution in [0.15, 0.2) is 18.2 Å². The standard InChI is InChI=1S/C13H13N3O4/c1-3-8-4-5-9(6-10(8)16(19)20)11-7(2)14-15-12(11)13(17)18/h4-6H,3H2,1-2H3,(H,14,15)(H,17,18). The Morgan fingerprint density at radius 1 is 1.50 bits per heavy atom. The molecule has 1 aromatic carbocycles. The van der Waals surface area contributed by atoms with E-state index in [1.807, 2.05) is 6.92 Å². The van der Waals surface area contributed by atoms with Crippen molar-refractivity contribution in [2.24, 2.45) is 0 Å². The maximum Gasteiger partial charge on any atom is 0.357 e. The molecule has 0 spiro atoms. The number of hydrogen-bond acceptors (Lipinski definition) is 4. The number of nitrogens with one attached hydrogen (secondary N) is 1. The second-order valence-electron chi connectivity index (χ2n) is 4.33. The molecule has 0 fully saturated rings. The number of nitro groups is 1. The summed E-state index contributed by atoms with van der Waals surface area (Å²) in [5.41, 5.74) is 1.86. The van der Waals surface area contributed by atoms with E-state index in [2.05, 4.69) is 10.2 Å². The highest BCUT2D eigenvalue weighted by atomic mass is 16.6. The summed E-state index contributed by atoms with van der Waals surface area (Å²) in [6.07, 6.45) is 0.534. The normalized spacial score (nSPS) is 10.5. The Morgan fingerprint density at radius 3 is 2.75 bits per heavy atom. The molecule has 104 valence electrons. The lowest BCUT2D eigenvalue weighted by Gasteiger charge is -2.05. The lowest BCUT2D eigenvalue weighted by Crippen LogP contribution is -2.00. The third-order valence-corrected chi connectivity index (χ3v) is 3.10. The highest BCUT2D eigenvalue weighted by Gasteiger charge is 2.21. The molecule has 20 heavy (non-hydrogen) atoms. The fourth-order valence-electron chi connectivity index (χ4n) is 2.13. The Hall–Kier alpha value is -2.70. The van der Waals surface area contributed by atoms with Gasteiger partial charge in [-0.3, -0.25) is 15.2 Å². The maximum atomic E-state index is 11.1. The number of aromatic carboxylic acids is 1. The summed E-state index contributed by atoms with van der Waals surface area (Å²) in [7, 11) is 0. The molecule has 0 unspecified atom stereocenters. The van der Waals surface area contributed by atoms with Crippen molar-refractivity contribution in [1.29, 1.82) is 0 Å². The SMILES string of the molecule is CCc1ccc(-c2c(C(=O)O)n[nH]c2C)cc1[N+](=O)[O-]. The number of aromatic amines is 1. The molecule has 2 aromatic rings. The molecule has 0 radical (unpaired) electrons. The molecule has 7 nitrogen and oxygen atoms in total. The molecular weight excluding hydrogens is 262 g/mol. The molecule has 2 rings (SSSR count). The monoisotopic (exact) mass is 275 g/mol. The molecule has 2 N–H and O–H groups in total. The van der Waals surface area contributed by atoms with E-state index in [0.717, 1.165) is 0 Å². The number of carboxylic acid groups (broad SMARTS) is 1. The minimum Gasteiger partial charge on any atom is -0.476 e. The molecule has 0 aliphatic heterocycles. The van der Waals surface area contributed by atoms with Crippen LogP contribution in [-0.4, -0.2) is 26.2 Å². The number of nitrogens with zero attached hydrogens (tertiary/aromatic N) is 2. The summed E-state index contributed by atoms with van der Waals surface area (Å²) in [5, 5.41) is 26.5. The molecule has 7 heteroatoms. The lowest BCUT2D eigenvalue weighted by atomic mass is 9.99. The fraction of sp³-hybridized carbons (Fsp3) is 0.231. The van der Waals surface area contributed by atoms with Crippen molar-refractivity contribution in [3.05, 3.63) is 45.3 Å². The van der Waals surface area contributed by atoms with Crippen molar-refractivity contribution < 1.29 is 14.8 Å². The van der Waals surface area contributed by atoms with Crippen LogP contribution in [0.4, 0.5) is 5.69 Å². The van der Waals surface area contributed by atoms with Crippen LogP contribution in [0.2, 0.25) is 0 Å². The fourth-order valence-corrected chi connectivity index (χ4v) is 2.13. The Balaban J connectivity index is 2.65. The van der Waals surface area contributed by atoms with Gasteiger partial charge in [-0.2, -0.15) is 5.10 Å². The van der Waals surface area contributed by atoms with Crippen LogP contribution in [-0.2, 0) is 6.42 Å². The van der Waals surface area contributed by atoms with Gasteiger partial charge in [0.1, 0.15) is 0 Å². The van der Waals surface area contributed by atoms with Gasteiger partial charge in [0, 0.05) is 22.9 Å². The molecule has 0 bridgehead atoms. The number of aryl methyl sites for hydroxylation is 2. The number of aromatic nitrogens is 2. The maximum absolute atomic E-state index is 11.1. The second-order valence-corrected chi connectivity index (χ2v) is 4.33. The summed E-state index contributed by atoms with van der Waals surface area (Å²) < 4.78 is 0. The Labute approximate surface area is 114 Å². The van der Waals surface area contributed by atoms with Crippen LogP contribution < -0.4 is 0 Å². The van der Waals surface area contributed by atoms with Crippen LogP contribution in [0.5, 0.6) is 0 Å². The molecule has 0 aliphatic rings. The minimum absolute atomic E-state index is 0.0121. The van der Waals surface area contributed by atoms with Gasteiger partial charge in [-0.1, -0.05) is 19.1 Å². The van der Waals surface area contributed by atoms with Crippen molar-refractivity contribution in [2.45, 2.75) is 20.3 Å². The topological polar surface area (TPSA) is 109 Å². The second kappa shape index (κ2) is 5.12. The number of carbonyl (C=O) groups is 1. The van der Waals surface area contributed by atoms with Gasteiger partial charge < -0.3 is 5.11 Å². The summed E-state index contributed by atoms with van der Waals surface area (Å²) >= 11 is 0. The zero-order valence-electron chi connectivity index (χ0n) is 11.0. The van der Waals surface area contributed by atoms with Gasteiger partial charge in [0.25, 0.3) is 5.69 Å². The van der Waals surface area contributed by atoms with Gasteiger partial charge >= 0.3 is 5.97 Å². The molecule has 0 amide bonds. The van der Waals surface area contributed by atoms with Crippen LogP contribution in [0.1, 0.15) is 28.7 Å². The molecule has 0 aliphatic carbocycles. The highest BCUT2D eigenvalue weighted by molar-refractivity contribution is 5.95. The van der Waals surface area contributed by atoms with Crippen molar-refractivity contribution in [3.63, 3.8) is 0 Å². The molecule has 0 atom stereocenters. The smallest absolute Gasteiger partial charge is 0.357 e. The number of H-pyrrole nitrogens is 1. The molecular formula is C13H13N3O4. The first kappa shape index (κ1) is 13.7. The number of nitro benzene ring substituents is 1. The van der Waals surface area contributed by atoms with Crippen LogP contribution in [0.25, 0.3) is 11.1 Å². The van der Waals surface area contributed by atoms with Gasteiger partial charge in [0.15, 0.2) is 5.69 Å². The van der Waals surface area contributed by atoms with Crippen molar-refractivity contribution in [2.75, 3.05) is 0 Å². The van der Waals surface area contributed by atoms with E-state index in [9.17, 15) is 14.9 Å². The summed E-state index contributed by atoms with van der Waals surface area (Å²) in [5.74, 6) is -1.17. The van der Waals surface area contributed by atoms with E-state index in [1.54, 1.807) is 19.1 Å². The lowest BCUT2D eigenvalue weighted by molar-refractivity contribution is -0.385. The van der Waals surface area contributed by atoms with Gasteiger partial charge in [-0.15, -0.1) is 0 Å². The van der Waals surface area contributed by atoms with Gasteiger partial charge in [0.2, 0.25) is 0 Å². The van der Waals surface area contributed by atoms with Gasteiger partial charge in [-0.05, 0) is 18.9 Å². The predicted octanol–water partition coefficient (Wildman–Crippen LogP) is 2.55. The zero-order valence-corrected chi connectivity index (χ0v) is 11.0. The third-order valence-electron chi connectivity index (χ3n) is 3.10. The van der Waals surface area contributed by atoms with E-state index < -0.39 is 10.9 Å². The molecule has 0 saturated carbocycles. The molecule has 1 aromatic heterocycles. The Bertz CT molecular complexity index is 691. The number of carboxylic acids is 1. The quantitative estimate of drug-likeness (QED) is 0.658. The largest absolute Gasteiger partial charge is 0.476 e. The van der Waals surface area contributed by atoms with E-state index in [1.165, 1.54) is 6.07 Å².